The molecule has 3 N–H and O–H groups in total. The maximum Gasteiger partial charge on any atom is 0.309 e. The highest BCUT2D eigenvalue weighted by atomic mass is 35.5. The molecule has 8 heteroatoms. The summed E-state index contributed by atoms with van der Waals surface area (Å²) < 4.78 is 4.77. The molecule has 0 spiro atoms. The van der Waals surface area contributed by atoms with Crippen molar-refractivity contribution in [2.45, 2.75) is 63.5 Å². The summed E-state index contributed by atoms with van der Waals surface area (Å²) in [5.41, 5.74) is 6.30. The lowest BCUT2D eigenvalue weighted by atomic mass is 10.0. The van der Waals surface area contributed by atoms with E-state index in [1.54, 1.807) is 17.0 Å². The summed E-state index contributed by atoms with van der Waals surface area (Å²) in [6.45, 7) is 0.554. The van der Waals surface area contributed by atoms with Gasteiger partial charge in [0, 0.05) is 17.3 Å². The third kappa shape index (κ3) is 7.22. The molecule has 2 fully saturated rings. The predicted octanol–water partition coefficient (Wildman–Crippen LogP) is 3.91. The number of carbonyl (C=O) groups is 3. The molecule has 2 aliphatic rings. The van der Waals surface area contributed by atoms with Gasteiger partial charge in [-0.2, -0.15) is 0 Å². The van der Waals surface area contributed by atoms with Gasteiger partial charge in [-0.3, -0.25) is 14.4 Å². The maximum absolute atomic E-state index is 13.3. The van der Waals surface area contributed by atoms with Crippen LogP contribution in [0, 0.1) is 11.8 Å². The smallest absolute Gasteiger partial charge is 0.309 e. The first-order valence-electron chi connectivity index (χ1n) is 11.8. The number of nitrogens with one attached hydrogen (secondary N) is 1. The molecule has 1 saturated heterocycles. The molecular weight excluding hydrogens is 442 g/mol. The first kappa shape index (κ1) is 25.1. The second kappa shape index (κ2) is 12.1. The molecule has 33 heavy (non-hydrogen) atoms. The monoisotopic (exact) mass is 475 g/mol. The van der Waals surface area contributed by atoms with E-state index in [4.69, 9.17) is 22.1 Å². The lowest BCUT2D eigenvalue weighted by Crippen LogP contribution is -2.49. The second-order valence-electron chi connectivity index (χ2n) is 8.89. The zero-order valence-electron chi connectivity index (χ0n) is 19.2. The minimum atomic E-state index is -0.525. The summed E-state index contributed by atoms with van der Waals surface area (Å²) in [6.07, 6.45) is 11.0. The fourth-order valence-electron chi connectivity index (χ4n) is 4.47. The summed E-state index contributed by atoms with van der Waals surface area (Å²) in [7, 11) is 1.43. The molecule has 7 nitrogen and oxygen atoms in total. The van der Waals surface area contributed by atoms with E-state index in [9.17, 15) is 14.4 Å². The van der Waals surface area contributed by atoms with Gasteiger partial charge in [-0.1, -0.05) is 42.7 Å². The van der Waals surface area contributed by atoms with Crippen molar-refractivity contribution >= 4 is 35.1 Å². The van der Waals surface area contributed by atoms with Crippen LogP contribution in [-0.2, 0) is 19.1 Å². The van der Waals surface area contributed by atoms with Crippen molar-refractivity contribution in [3.05, 3.63) is 41.4 Å². The molecule has 4 atom stereocenters. The van der Waals surface area contributed by atoms with Gasteiger partial charge in [0.15, 0.2) is 0 Å². The number of esters is 1. The molecule has 0 bridgehead atoms. The zero-order valence-corrected chi connectivity index (χ0v) is 19.9. The van der Waals surface area contributed by atoms with Crippen LogP contribution in [-0.4, -0.2) is 48.4 Å². The van der Waals surface area contributed by atoms with E-state index in [1.807, 2.05) is 12.1 Å². The lowest BCUT2D eigenvalue weighted by Gasteiger charge is -2.28. The highest BCUT2D eigenvalue weighted by molar-refractivity contribution is 6.30. The van der Waals surface area contributed by atoms with Gasteiger partial charge < -0.3 is 20.7 Å². The van der Waals surface area contributed by atoms with E-state index >= 15 is 0 Å². The van der Waals surface area contributed by atoms with Crippen molar-refractivity contribution in [1.29, 1.82) is 0 Å². The molecule has 1 aromatic carbocycles. The number of allylic oxidation sites excluding steroid dienone is 2. The third-order valence-corrected chi connectivity index (χ3v) is 6.65. The van der Waals surface area contributed by atoms with Gasteiger partial charge in [-0.25, -0.2) is 0 Å². The number of ether oxygens (including phenoxy) is 1. The van der Waals surface area contributed by atoms with Gasteiger partial charge in [-0.15, -0.1) is 0 Å². The normalized spacial score (nSPS) is 22.8. The van der Waals surface area contributed by atoms with Crippen LogP contribution < -0.4 is 11.1 Å². The number of likely N-dealkylation sites (tertiary alicyclic amines) is 1. The minimum Gasteiger partial charge on any atom is -0.469 e. The molecule has 180 valence electrons. The Hall–Kier alpha value is -2.54. The molecule has 0 unspecified atom stereocenters. The molecule has 1 aliphatic carbocycles. The molecule has 3 rings (SSSR count). The Morgan fingerprint density at radius 1 is 1.30 bits per heavy atom. The molecule has 2 amide bonds. The fourth-order valence-corrected chi connectivity index (χ4v) is 4.66. The van der Waals surface area contributed by atoms with Crippen molar-refractivity contribution in [2.75, 3.05) is 19.0 Å². The van der Waals surface area contributed by atoms with E-state index in [0.717, 1.165) is 44.2 Å². The Kier molecular flexibility index (Phi) is 9.18. The highest BCUT2D eigenvalue weighted by Crippen LogP contribution is 2.40. The predicted molar refractivity (Wildman–Crippen MR) is 129 cm³/mol. The van der Waals surface area contributed by atoms with Gasteiger partial charge in [-0.05, 0) is 62.6 Å². The number of rotatable bonds is 12. The number of methoxy groups -OCH3 is 1. The number of benzene rings is 1. The number of hydrogen-bond donors (Lipinski definition) is 2. The number of primary amides is 1. The number of carbonyl (C=O) groups excluding carboxylic acids is 3. The molecule has 0 aromatic heterocycles. The van der Waals surface area contributed by atoms with Crippen molar-refractivity contribution in [3.63, 3.8) is 0 Å². The number of amides is 2. The van der Waals surface area contributed by atoms with Crippen molar-refractivity contribution < 1.29 is 19.1 Å². The van der Waals surface area contributed by atoms with E-state index < -0.39 is 18.0 Å². The number of nitrogens with zero attached hydrogens (tertiary/aromatic N) is 1. The number of anilines is 1. The number of hydrogen-bond acceptors (Lipinski definition) is 5. The van der Waals surface area contributed by atoms with Gasteiger partial charge in [0.25, 0.3) is 0 Å². The lowest BCUT2D eigenvalue weighted by molar-refractivity contribution is -0.142. The largest absolute Gasteiger partial charge is 0.469 e. The first-order valence-corrected chi connectivity index (χ1v) is 12.1. The molecule has 1 aromatic rings. The summed E-state index contributed by atoms with van der Waals surface area (Å²) in [5, 5.41) is 3.91. The number of halogens is 1. The molecule has 1 saturated carbocycles. The zero-order chi connectivity index (χ0) is 23.8. The first-order chi connectivity index (χ1) is 15.9. The average Bonchev–Trinajstić information content (AvgIpc) is 3.39. The second-order valence-corrected chi connectivity index (χ2v) is 9.33. The van der Waals surface area contributed by atoms with E-state index in [1.165, 1.54) is 7.11 Å². The van der Waals surface area contributed by atoms with Gasteiger partial charge >= 0.3 is 5.97 Å². The standard InChI is InChI=1S/C25H34ClN3O4/c1-33-25(32)20-15-17(20)9-5-3-2-4-6-12-21(28-19-11-7-10-18(26)16-19)24(31)29-14-8-13-22(29)23(27)30/h5,7,9-11,16-17,20-22,28H,2-4,6,8,12-15H2,1H3,(H2,27,30)/b9-5-/t17-,20+,21+,22+/m1/s1. The van der Waals surface area contributed by atoms with Crippen LogP contribution >= 0.6 is 11.6 Å². The molecule has 1 heterocycles. The SMILES string of the molecule is COC(=O)[C@H]1C[C@H]1/C=C\CCCCC[C@H](Nc1cccc(Cl)c1)C(=O)N1CCC[C@H]1C(N)=O. The highest BCUT2D eigenvalue weighted by Gasteiger charge is 2.41. The topological polar surface area (TPSA) is 102 Å². The van der Waals surface area contributed by atoms with Crippen LogP contribution in [0.2, 0.25) is 5.02 Å². The van der Waals surface area contributed by atoms with Gasteiger partial charge in [0.1, 0.15) is 12.1 Å². The van der Waals surface area contributed by atoms with E-state index in [0.29, 0.717) is 30.3 Å². The van der Waals surface area contributed by atoms with Gasteiger partial charge in [0.2, 0.25) is 11.8 Å². The van der Waals surface area contributed by atoms with Crippen molar-refractivity contribution in [3.8, 4) is 0 Å². The third-order valence-electron chi connectivity index (χ3n) is 6.42. The van der Waals surface area contributed by atoms with Crippen molar-refractivity contribution in [1.82, 2.24) is 4.90 Å². The molecular formula is C25H34ClN3O4. The number of unbranched alkanes of at least 4 members (excludes halogenated alkanes) is 3. The van der Waals surface area contributed by atoms with Crippen LogP contribution in [0.4, 0.5) is 5.69 Å². The summed E-state index contributed by atoms with van der Waals surface area (Å²) in [6, 6.07) is 6.34. The fraction of sp³-hybridized carbons (Fsp3) is 0.560. The Labute approximate surface area is 200 Å². The van der Waals surface area contributed by atoms with E-state index in [2.05, 4.69) is 17.5 Å². The minimum absolute atomic E-state index is 0.0328. The molecule has 1 aliphatic heterocycles. The van der Waals surface area contributed by atoms with Crippen LogP contribution in [0.5, 0.6) is 0 Å². The van der Waals surface area contributed by atoms with Crippen LogP contribution in [0.25, 0.3) is 0 Å². The summed E-state index contributed by atoms with van der Waals surface area (Å²) in [4.78, 5) is 38.1. The van der Waals surface area contributed by atoms with E-state index in [-0.39, 0.29) is 17.8 Å². The van der Waals surface area contributed by atoms with Crippen molar-refractivity contribution in [2.24, 2.45) is 17.6 Å². The van der Waals surface area contributed by atoms with Crippen LogP contribution in [0.3, 0.4) is 0 Å². The Morgan fingerprint density at radius 2 is 2.12 bits per heavy atom. The van der Waals surface area contributed by atoms with Crippen LogP contribution in [0.1, 0.15) is 51.4 Å². The molecule has 0 radical (unpaired) electrons. The average molecular weight is 476 g/mol. The summed E-state index contributed by atoms with van der Waals surface area (Å²) >= 11 is 6.11. The maximum atomic E-state index is 13.3. The van der Waals surface area contributed by atoms with Crippen LogP contribution in [0.15, 0.2) is 36.4 Å². The summed E-state index contributed by atoms with van der Waals surface area (Å²) in [5.74, 6) is -0.299. The Balaban J connectivity index is 1.49. The quantitative estimate of drug-likeness (QED) is 0.271. The van der Waals surface area contributed by atoms with Gasteiger partial charge in [0.05, 0.1) is 13.0 Å². The number of nitrogens with two attached hydrogens (primary N) is 1. The Morgan fingerprint density at radius 3 is 2.85 bits per heavy atom. The Bertz CT molecular complexity index is 875.